The van der Waals surface area contributed by atoms with Crippen LogP contribution in [0.2, 0.25) is 0 Å². The zero-order valence-corrected chi connectivity index (χ0v) is 37.1. The molecule has 0 fully saturated rings. The Morgan fingerprint density at radius 1 is 0.651 bits per heavy atom. The molecule has 6 heterocycles. The second-order valence-electron chi connectivity index (χ2n) is 15.1. The third-order valence-electron chi connectivity index (χ3n) is 11.1. The number of halogens is 3. The van der Waals surface area contributed by atoms with Crippen LogP contribution in [0.5, 0.6) is 0 Å². The van der Waals surface area contributed by atoms with Crippen LogP contribution in [-0.4, -0.2) is 62.1 Å². The Morgan fingerprint density at radius 3 is 1.54 bits per heavy atom. The number of rotatable bonds is 6. The smallest absolute Gasteiger partial charge is 0.371 e. The molecule has 0 bridgehead atoms. The SMILES string of the molecule is N#Cc1ccc2nc(N=Nc3cc4c5c(c3S(=O)(=O)O)CCCN5CCC4)sc2c1.O=S(=O)(O)c1c(N=Nc2nc3ccc(C(F)(F)F)cc3s2)cc2c3c1CCCN3CCC2.[Co]. The molecule has 15 nitrogen and oxygen atoms in total. The number of nitriles is 1. The van der Waals surface area contributed by atoms with Crippen molar-refractivity contribution in [3.8, 4) is 6.07 Å². The second kappa shape index (κ2) is 17.2. The van der Waals surface area contributed by atoms with Crippen molar-refractivity contribution in [1.29, 1.82) is 5.26 Å². The van der Waals surface area contributed by atoms with Crippen LogP contribution < -0.4 is 9.80 Å². The molecule has 23 heteroatoms. The van der Waals surface area contributed by atoms with Crippen molar-refractivity contribution in [3.05, 3.63) is 81.9 Å². The Hall–Kier alpha value is -4.93. The van der Waals surface area contributed by atoms with Crippen molar-refractivity contribution in [2.24, 2.45) is 20.5 Å². The Morgan fingerprint density at radius 2 is 1.10 bits per heavy atom. The number of aryl methyl sites for hydroxylation is 2. The number of thiazole rings is 2. The van der Waals surface area contributed by atoms with Gasteiger partial charge in [-0.15, -0.1) is 20.5 Å². The van der Waals surface area contributed by atoms with Crippen LogP contribution in [0.25, 0.3) is 20.4 Å². The number of hydrogen-bond donors (Lipinski definition) is 2. The molecule has 2 N–H and O–H groups in total. The van der Waals surface area contributed by atoms with Gasteiger partial charge in [0.15, 0.2) is 0 Å². The van der Waals surface area contributed by atoms with Crippen molar-refractivity contribution in [2.75, 3.05) is 36.0 Å². The van der Waals surface area contributed by atoms with Crippen LogP contribution in [0, 0.1) is 11.3 Å². The summed E-state index contributed by atoms with van der Waals surface area (Å²) in [5, 5.41) is 25.9. The second-order valence-corrected chi connectivity index (χ2v) is 19.9. The van der Waals surface area contributed by atoms with Crippen molar-refractivity contribution < 1.29 is 55.9 Å². The number of aromatic nitrogens is 2. The van der Waals surface area contributed by atoms with Crippen molar-refractivity contribution in [3.63, 3.8) is 0 Å². The van der Waals surface area contributed by atoms with Gasteiger partial charge in [0.2, 0.25) is 10.3 Å². The quantitative estimate of drug-likeness (QED) is 0.118. The van der Waals surface area contributed by atoms with E-state index in [9.17, 15) is 39.1 Å². The fourth-order valence-corrected chi connectivity index (χ4v) is 12.1. The minimum absolute atomic E-state index is 0. The first-order valence-corrected chi connectivity index (χ1v) is 24.0. The van der Waals surface area contributed by atoms with Crippen molar-refractivity contribution in [1.82, 2.24) is 9.97 Å². The Labute approximate surface area is 377 Å². The summed E-state index contributed by atoms with van der Waals surface area (Å²) in [6, 6.07) is 13.8. The predicted octanol–water partition coefficient (Wildman–Crippen LogP) is 10.2. The van der Waals surface area contributed by atoms with Gasteiger partial charge in [0.05, 0.1) is 37.6 Å². The largest absolute Gasteiger partial charge is 0.416 e. The molecule has 0 unspecified atom stereocenters. The summed E-state index contributed by atoms with van der Waals surface area (Å²) in [5.41, 5.74) is 5.89. The summed E-state index contributed by atoms with van der Waals surface area (Å²) in [6.07, 6.45) is 1.71. The fourth-order valence-electron chi connectivity index (χ4n) is 8.70. The average molecular weight is 981 g/mol. The molecule has 1 radical (unpaired) electrons. The maximum Gasteiger partial charge on any atom is 0.416 e. The molecule has 0 spiro atoms. The first-order chi connectivity index (χ1) is 29.5. The first-order valence-electron chi connectivity index (χ1n) is 19.5. The molecule has 4 aromatic carbocycles. The van der Waals surface area contributed by atoms with Crippen molar-refractivity contribution in [2.45, 2.75) is 67.3 Å². The standard InChI is InChI=1S/C20H17F3N4O3S2.C20H17N5O3S2.Co/c21-20(22,23)12-5-6-14-16(10-12)31-19(24-14)26-25-15-9-11-3-1-7-27-8-2-4-13(17(11)27)18(15)32(28,29)30;21-11-12-5-6-15-17(9-12)29-20(22-15)24-23-16-10-13-3-1-7-25-8-2-4-14(18(13)25)19(16)30(26,27)28;/h5-6,9-10H,1-4,7-8H2,(H,28,29,30);5-6,9-10H,1-4,7-8H2,(H,26,27,28);. The maximum atomic E-state index is 12.9. The Kier molecular flexibility index (Phi) is 12.2. The monoisotopic (exact) mass is 980 g/mol. The predicted molar refractivity (Wildman–Crippen MR) is 228 cm³/mol. The Bertz CT molecular complexity index is 3150. The molecule has 4 aliphatic heterocycles. The molecular weight excluding hydrogens is 947 g/mol. The maximum absolute atomic E-state index is 12.9. The zero-order chi connectivity index (χ0) is 43.6. The van der Waals surface area contributed by atoms with Gasteiger partial charge in [0, 0.05) is 54.3 Å². The molecule has 0 saturated carbocycles. The van der Waals surface area contributed by atoms with E-state index in [1.807, 2.05) is 0 Å². The van der Waals surface area contributed by atoms with Crippen LogP contribution in [0.3, 0.4) is 0 Å². The molecule has 329 valence electrons. The van der Waals surface area contributed by atoms with E-state index >= 15 is 0 Å². The van der Waals surface area contributed by atoms with Crippen LogP contribution in [0.15, 0.2) is 78.8 Å². The van der Waals surface area contributed by atoms with E-state index in [4.69, 9.17) is 5.26 Å². The van der Waals surface area contributed by atoms with Gasteiger partial charge >= 0.3 is 6.18 Å². The van der Waals surface area contributed by atoms with E-state index < -0.39 is 32.0 Å². The van der Waals surface area contributed by atoms with Gasteiger partial charge < -0.3 is 9.80 Å². The van der Waals surface area contributed by atoms with Gasteiger partial charge in [0.25, 0.3) is 20.2 Å². The number of anilines is 2. The van der Waals surface area contributed by atoms with E-state index in [1.54, 1.807) is 30.3 Å². The molecule has 4 aliphatic rings. The molecule has 0 amide bonds. The molecule has 6 aromatic rings. The fraction of sp³-hybridized carbons (Fsp3) is 0.325. The number of azo groups is 2. The first kappa shape index (κ1) is 44.7. The van der Waals surface area contributed by atoms with Crippen molar-refractivity contribution >= 4 is 96.4 Å². The summed E-state index contributed by atoms with van der Waals surface area (Å²) in [7, 11) is -9.04. The molecule has 0 aliphatic carbocycles. The molecule has 10 rings (SSSR count). The van der Waals surface area contributed by atoms with Gasteiger partial charge in [-0.25, -0.2) is 9.97 Å². The number of fused-ring (bicyclic) bond motifs is 2. The molecule has 0 saturated heterocycles. The normalized spacial score (nSPS) is 16.1. The number of benzene rings is 4. The summed E-state index contributed by atoms with van der Waals surface area (Å²) in [6.45, 7) is 3.44. The zero-order valence-electron chi connectivity index (χ0n) is 32.8. The van der Waals surface area contributed by atoms with Crippen LogP contribution in [0.1, 0.15) is 59.1 Å². The van der Waals surface area contributed by atoms with Gasteiger partial charge in [-0.2, -0.15) is 35.3 Å². The molecule has 2 aromatic heterocycles. The average Bonchev–Trinajstić information content (AvgIpc) is 3.84. The summed E-state index contributed by atoms with van der Waals surface area (Å²) >= 11 is 2.19. The van der Waals surface area contributed by atoms with E-state index in [2.05, 4.69) is 46.3 Å². The Balaban J connectivity index is 0.000000170. The number of nitrogens with zero attached hydrogens (tertiary/aromatic N) is 9. The number of hydrogen-bond acceptors (Lipinski definition) is 15. The minimum Gasteiger partial charge on any atom is -0.371 e. The van der Waals surface area contributed by atoms with E-state index in [0.29, 0.717) is 50.4 Å². The summed E-state index contributed by atoms with van der Waals surface area (Å²) < 4.78 is 109. The van der Waals surface area contributed by atoms with Gasteiger partial charge in [0.1, 0.15) is 21.2 Å². The van der Waals surface area contributed by atoms with Crippen LogP contribution >= 0.6 is 22.7 Å². The summed E-state index contributed by atoms with van der Waals surface area (Å²) in [5.74, 6) is 0. The van der Waals surface area contributed by atoms with E-state index in [-0.39, 0.29) is 43.1 Å². The third kappa shape index (κ3) is 8.95. The van der Waals surface area contributed by atoms with Gasteiger partial charge in [-0.1, -0.05) is 22.7 Å². The minimum atomic E-state index is -4.57. The van der Waals surface area contributed by atoms with Crippen LogP contribution in [0.4, 0.5) is 46.2 Å². The number of alkyl halides is 3. The topological polar surface area (TPSA) is 214 Å². The van der Waals surface area contributed by atoms with E-state index in [0.717, 1.165) is 115 Å². The van der Waals surface area contributed by atoms with E-state index in [1.165, 1.54) is 17.4 Å². The summed E-state index contributed by atoms with van der Waals surface area (Å²) in [4.78, 5) is 12.5. The van der Waals surface area contributed by atoms with Gasteiger partial charge in [-0.3, -0.25) is 9.11 Å². The third-order valence-corrected chi connectivity index (χ3v) is 14.9. The molecule has 63 heavy (non-hydrogen) atoms. The molecule has 0 atom stereocenters. The van der Waals surface area contributed by atoms with Gasteiger partial charge in [-0.05, 0) is 122 Å². The van der Waals surface area contributed by atoms with Crippen LogP contribution in [-0.2, 0) is 68.9 Å². The molecular formula is C40H34CoF3N9O6S4.